The van der Waals surface area contributed by atoms with Gasteiger partial charge in [0.15, 0.2) is 6.61 Å². The van der Waals surface area contributed by atoms with Gasteiger partial charge in [-0.25, -0.2) is 0 Å². The minimum Gasteiger partial charge on any atom is -0.454 e. The molecular formula is C18H18N2O4S. The zero-order chi connectivity index (χ0) is 17.8. The van der Waals surface area contributed by atoms with Crippen LogP contribution < -0.4 is 10.2 Å². The number of ether oxygens (including phenoxy) is 1. The molecule has 2 aromatic rings. The summed E-state index contributed by atoms with van der Waals surface area (Å²) in [6.07, 6.45) is 0.798. The molecule has 6 nitrogen and oxygen atoms in total. The number of aryl methyl sites for hydroxylation is 1. The van der Waals surface area contributed by atoms with Gasteiger partial charge in [-0.15, -0.1) is 11.3 Å². The standard InChI is InChI=1S/C18H18N2O4S/c1-12-6-7-15(25-12)18(23)19-10-17(22)24-11-16(21)20-9-8-13-4-2-3-5-14(13)20/h2-7H,8-11H2,1H3,(H,19,23). The molecule has 3 rings (SSSR count). The van der Waals surface area contributed by atoms with Crippen LogP contribution in [0, 0.1) is 6.92 Å². The number of thiophene rings is 1. The number of fused-ring (bicyclic) bond motifs is 1. The van der Waals surface area contributed by atoms with E-state index in [-0.39, 0.29) is 25.0 Å². The van der Waals surface area contributed by atoms with Crippen LogP contribution in [-0.4, -0.2) is 37.5 Å². The second-order valence-electron chi connectivity index (χ2n) is 5.68. The Morgan fingerprint density at radius 1 is 1.20 bits per heavy atom. The summed E-state index contributed by atoms with van der Waals surface area (Å²) in [4.78, 5) is 39.0. The van der Waals surface area contributed by atoms with E-state index in [2.05, 4.69) is 5.32 Å². The number of para-hydroxylation sites is 1. The molecule has 0 bridgehead atoms. The van der Waals surface area contributed by atoms with Crippen LogP contribution in [0.2, 0.25) is 0 Å². The molecule has 1 aliphatic heterocycles. The van der Waals surface area contributed by atoms with Gasteiger partial charge in [-0.05, 0) is 37.1 Å². The maximum absolute atomic E-state index is 12.2. The third-order valence-electron chi connectivity index (χ3n) is 3.90. The topological polar surface area (TPSA) is 75.7 Å². The second kappa shape index (κ2) is 7.48. The third-order valence-corrected chi connectivity index (χ3v) is 4.90. The first kappa shape index (κ1) is 17.2. The van der Waals surface area contributed by atoms with Gasteiger partial charge in [0.2, 0.25) is 0 Å². The number of rotatable bonds is 5. The van der Waals surface area contributed by atoms with Crippen LogP contribution >= 0.6 is 11.3 Å². The smallest absolute Gasteiger partial charge is 0.325 e. The van der Waals surface area contributed by atoms with E-state index in [1.165, 1.54) is 11.3 Å². The molecule has 130 valence electrons. The molecule has 7 heteroatoms. The van der Waals surface area contributed by atoms with E-state index in [0.717, 1.165) is 22.5 Å². The van der Waals surface area contributed by atoms with Crippen LogP contribution in [0.1, 0.15) is 20.1 Å². The van der Waals surface area contributed by atoms with Gasteiger partial charge in [-0.2, -0.15) is 0 Å². The molecule has 0 saturated carbocycles. The first-order valence-electron chi connectivity index (χ1n) is 7.93. The fraction of sp³-hybridized carbons (Fsp3) is 0.278. The first-order chi connectivity index (χ1) is 12.0. The Kier molecular flexibility index (Phi) is 5.14. The van der Waals surface area contributed by atoms with Crippen LogP contribution in [0.5, 0.6) is 0 Å². The summed E-state index contributed by atoms with van der Waals surface area (Å²) in [7, 11) is 0. The number of nitrogens with zero attached hydrogens (tertiary/aromatic N) is 1. The lowest BCUT2D eigenvalue weighted by Gasteiger charge is -2.17. The van der Waals surface area contributed by atoms with E-state index >= 15 is 0 Å². The highest BCUT2D eigenvalue weighted by Gasteiger charge is 2.24. The van der Waals surface area contributed by atoms with Gasteiger partial charge in [0.25, 0.3) is 11.8 Å². The molecule has 1 N–H and O–H groups in total. The number of benzene rings is 1. The highest BCUT2D eigenvalue weighted by Crippen LogP contribution is 2.27. The molecule has 0 radical (unpaired) electrons. The second-order valence-corrected chi connectivity index (χ2v) is 6.97. The van der Waals surface area contributed by atoms with Crippen LogP contribution in [0.3, 0.4) is 0 Å². The SMILES string of the molecule is Cc1ccc(C(=O)NCC(=O)OCC(=O)N2CCc3ccccc32)s1. The van der Waals surface area contributed by atoms with Crippen molar-refractivity contribution >= 4 is 34.8 Å². The lowest BCUT2D eigenvalue weighted by atomic mass is 10.2. The molecule has 0 spiro atoms. The highest BCUT2D eigenvalue weighted by molar-refractivity contribution is 7.13. The number of nitrogens with one attached hydrogen (secondary N) is 1. The van der Waals surface area contributed by atoms with Crippen molar-refractivity contribution in [1.82, 2.24) is 5.32 Å². The molecule has 2 heterocycles. The molecule has 25 heavy (non-hydrogen) atoms. The van der Waals surface area contributed by atoms with Crippen molar-refractivity contribution in [3.63, 3.8) is 0 Å². The first-order valence-corrected chi connectivity index (χ1v) is 8.75. The molecule has 0 atom stereocenters. The lowest BCUT2D eigenvalue weighted by Crippen LogP contribution is -2.35. The molecule has 0 aliphatic carbocycles. The maximum atomic E-state index is 12.2. The van der Waals surface area contributed by atoms with E-state index in [9.17, 15) is 14.4 Å². The van der Waals surface area contributed by atoms with Crippen molar-refractivity contribution < 1.29 is 19.1 Å². The summed E-state index contributed by atoms with van der Waals surface area (Å²) < 4.78 is 4.98. The summed E-state index contributed by atoms with van der Waals surface area (Å²) in [6.45, 7) is 1.89. The van der Waals surface area contributed by atoms with Crippen molar-refractivity contribution in [3.8, 4) is 0 Å². The molecule has 1 aromatic heterocycles. The van der Waals surface area contributed by atoms with Gasteiger partial charge in [0.1, 0.15) is 6.54 Å². The molecule has 2 amide bonds. The molecule has 0 fully saturated rings. The van der Waals surface area contributed by atoms with Crippen LogP contribution in [0.4, 0.5) is 5.69 Å². The fourth-order valence-electron chi connectivity index (χ4n) is 2.66. The Balaban J connectivity index is 1.45. The Morgan fingerprint density at radius 2 is 2.00 bits per heavy atom. The number of hydrogen-bond donors (Lipinski definition) is 1. The third kappa shape index (κ3) is 4.06. The molecule has 0 saturated heterocycles. The zero-order valence-corrected chi connectivity index (χ0v) is 14.6. The largest absolute Gasteiger partial charge is 0.454 e. The van der Waals surface area contributed by atoms with Gasteiger partial charge in [0, 0.05) is 17.1 Å². The maximum Gasteiger partial charge on any atom is 0.325 e. The van der Waals surface area contributed by atoms with Crippen molar-refractivity contribution in [2.75, 3.05) is 24.6 Å². The Labute approximate surface area is 149 Å². The van der Waals surface area contributed by atoms with Gasteiger partial charge in [-0.1, -0.05) is 18.2 Å². The number of hydrogen-bond acceptors (Lipinski definition) is 5. The van der Waals surface area contributed by atoms with Crippen LogP contribution in [0.15, 0.2) is 36.4 Å². The van der Waals surface area contributed by atoms with Gasteiger partial charge in [-0.3, -0.25) is 14.4 Å². The average Bonchev–Trinajstić information content (AvgIpc) is 3.23. The summed E-state index contributed by atoms with van der Waals surface area (Å²) in [5.41, 5.74) is 1.98. The predicted molar refractivity (Wildman–Crippen MR) is 94.8 cm³/mol. The molecule has 0 unspecified atom stereocenters. The Bertz CT molecular complexity index is 815. The van der Waals surface area contributed by atoms with E-state index in [1.807, 2.05) is 37.3 Å². The minimum atomic E-state index is -0.637. The van der Waals surface area contributed by atoms with E-state index in [4.69, 9.17) is 4.74 Å². The molecule has 1 aromatic carbocycles. The Morgan fingerprint density at radius 3 is 2.76 bits per heavy atom. The average molecular weight is 358 g/mol. The van der Waals surface area contributed by atoms with Gasteiger partial charge in [0.05, 0.1) is 4.88 Å². The molecular weight excluding hydrogens is 340 g/mol. The van der Waals surface area contributed by atoms with Crippen LogP contribution in [-0.2, 0) is 20.7 Å². The number of carbonyl (C=O) groups excluding carboxylic acids is 3. The zero-order valence-electron chi connectivity index (χ0n) is 13.8. The minimum absolute atomic E-state index is 0.264. The van der Waals surface area contributed by atoms with Crippen molar-refractivity contribution in [2.24, 2.45) is 0 Å². The van der Waals surface area contributed by atoms with Crippen molar-refractivity contribution in [3.05, 3.63) is 51.7 Å². The van der Waals surface area contributed by atoms with Crippen LogP contribution in [0.25, 0.3) is 0 Å². The fourth-order valence-corrected chi connectivity index (χ4v) is 3.45. The monoisotopic (exact) mass is 358 g/mol. The number of carbonyl (C=O) groups is 3. The number of amides is 2. The summed E-state index contributed by atoms with van der Waals surface area (Å²) in [5, 5.41) is 2.49. The van der Waals surface area contributed by atoms with Crippen molar-refractivity contribution in [2.45, 2.75) is 13.3 Å². The summed E-state index contributed by atoms with van der Waals surface area (Å²) in [5.74, 6) is -1.23. The van der Waals surface area contributed by atoms with E-state index in [1.54, 1.807) is 11.0 Å². The molecule has 1 aliphatic rings. The van der Waals surface area contributed by atoms with Gasteiger partial charge < -0.3 is 15.0 Å². The highest BCUT2D eigenvalue weighted by atomic mass is 32.1. The Hall–Kier alpha value is -2.67. The van der Waals surface area contributed by atoms with E-state index in [0.29, 0.717) is 11.4 Å². The number of anilines is 1. The summed E-state index contributed by atoms with van der Waals surface area (Å²) >= 11 is 1.35. The van der Waals surface area contributed by atoms with Crippen molar-refractivity contribution in [1.29, 1.82) is 0 Å². The normalized spacial score (nSPS) is 12.6. The summed E-state index contributed by atoms with van der Waals surface area (Å²) in [6, 6.07) is 11.2. The quantitative estimate of drug-likeness (QED) is 0.829. The predicted octanol–water partition coefficient (Wildman–Crippen LogP) is 1.92. The lowest BCUT2D eigenvalue weighted by molar-refractivity contribution is -0.146. The van der Waals surface area contributed by atoms with Gasteiger partial charge >= 0.3 is 5.97 Å². The number of esters is 1. The van der Waals surface area contributed by atoms with E-state index < -0.39 is 5.97 Å².